The van der Waals surface area contributed by atoms with Gasteiger partial charge in [-0.25, -0.2) is 0 Å². The highest BCUT2D eigenvalue weighted by Gasteiger charge is 2.32. The highest BCUT2D eigenvalue weighted by Crippen LogP contribution is 2.34. The van der Waals surface area contributed by atoms with Crippen LogP contribution in [0.5, 0.6) is 0 Å². The van der Waals surface area contributed by atoms with Crippen molar-refractivity contribution in [2.45, 2.75) is 241 Å². The summed E-state index contributed by atoms with van der Waals surface area (Å²) in [7, 11) is 2.22. The van der Waals surface area contributed by atoms with Crippen LogP contribution in [-0.4, -0.2) is 36.6 Å². The molecule has 0 radical (unpaired) electrons. The molecule has 1 aliphatic heterocycles. The van der Waals surface area contributed by atoms with E-state index in [2.05, 4.69) is 172 Å². The van der Waals surface area contributed by atoms with Crippen molar-refractivity contribution in [3.63, 3.8) is 0 Å². The summed E-state index contributed by atoms with van der Waals surface area (Å²) in [6.07, 6.45) is 19.3. The summed E-state index contributed by atoms with van der Waals surface area (Å²) < 4.78 is 0. The van der Waals surface area contributed by atoms with Gasteiger partial charge in [0, 0.05) is 24.7 Å². The zero-order chi connectivity index (χ0) is 49.5. The number of hydrogen-bond acceptors (Lipinski definition) is 3. The van der Waals surface area contributed by atoms with Crippen LogP contribution in [0, 0.1) is 34.5 Å². The summed E-state index contributed by atoms with van der Waals surface area (Å²) in [6, 6.07) is 1.43. The topological polar surface area (TPSA) is 27.3 Å². The summed E-state index contributed by atoms with van der Waals surface area (Å²) in [5.74, 6) is 3.97. The smallest absolute Gasteiger partial charge is 0.0919 e. The van der Waals surface area contributed by atoms with E-state index in [1.165, 1.54) is 87.5 Å². The Bertz CT molecular complexity index is 1080. The van der Waals surface area contributed by atoms with Crippen LogP contribution in [0.15, 0.2) is 86.3 Å². The fraction of sp³-hybridized carbons (Fsp3) is 0.759. The second kappa shape index (κ2) is 43.0. The third-order valence-electron chi connectivity index (χ3n) is 10.0. The van der Waals surface area contributed by atoms with Crippen LogP contribution in [-0.2, 0) is 0 Å². The van der Waals surface area contributed by atoms with E-state index < -0.39 is 0 Å². The van der Waals surface area contributed by atoms with Gasteiger partial charge in [-0.15, -0.1) is 19.7 Å². The Balaban J connectivity index is -0.000000161. The largest absolute Gasteiger partial charge is 0.369 e. The maximum atomic E-state index is 4.17. The SMILES string of the molecule is C=C(C)C.C=C(C)C(=C)C(C)CCC.C=C(C)C1CC(CC(C)(C)C)CN1C.C=CC(NC(=C)NC(CC)C(C)(C)C)C1CCCCC1.C=CCCC.CC.CC.CC(C)C. The van der Waals surface area contributed by atoms with Crippen molar-refractivity contribution in [2.24, 2.45) is 34.5 Å². The molecule has 3 heteroatoms. The molecule has 3 nitrogen and oxygen atoms in total. The molecule has 0 aromatic carbocycles. The molecule has 364 valence electrons. The van der Waals surface area contributed by atoms with Gasteiger partial charge in [0.15, 0.2) is 0 Å². The van der Waals surface area contributed by atoms with Crippen molar-refractivity contribution in [3.05, 3.63) is 86.3 Å². The Kier molecular flexibility index (Phi) is 49.6. The van der Waals surface area contributed by atoms with Gasteiger partial charge >= 0.3 is 0 Å². The Morgan fingerprint density at radius 3 is 1.49 bits per heavy atom. The minimum absolute atomic E-state index is 0.244. The van der Waals surface area contributed by atoms with Crippen molar-refractivity contribution in [3.8, 4) is 0 Å². The van der Waals surface area contributed by atoms with E-state index in [0.717, 1.165) is 42.0 Å². The summed E-state index contributed by atoms with van der Waals surface area (Å²) in [4.78, 5) is 2.46. The molecule has 2 fully saturated rings. The van der Waals surface area contributed by atoms with E-state index >= 15 is 0 Å². The van der Waals surface area contributed by atoms with E-state index in [1.54, 1.807) is 0 Å². The van der Waals surface area contributed by atoms with Crippen LogP contribution in [0.1, 0.15) is 222 Å². The van der Waals surface area contributed by atoms with E-state index in [9.17, 15) is 0 Å². The average molecular weight is 857 g/mol. The Labute approximate surface area is 389 Å². The molecule has 5 unspecified atom stereocenters. The van der Waals surface area contributed by atoms with Gasteiger partial charge in [-0.1, -0.05) is 211 Å². The lowest BCUT2D eigenvalue weighted by atomic mass is 9.83. The summed E-state index contributed by atoms with van der Waals surface area (Å²) >= 11 is 0. The molecular formula is C58H117N3. The number of rotatable bonds is 15. The first-order valence-electron chi connectivity index (χ1n) is 24.9. The van der Waals surface area contributed by atoms with E-state index in [1.807, 2.05) is 54.5 Å². The minimum atomic E-state index is 0.244. The molecule has 0 bridgehead atoms. The quantitative estimate of drug-likeness (QED) is 0.127. The second-order valence-corrected chi connectivity index (χ2v) is 20.4. The normalized spacial score (nSPS) is 17.2. The van der Waals surface area contributed by atoms with Gasteiger partial charge in [-0.3, -0.25) is 4.90 Å². The number of likely N-dealkylation sites (N-methyl/N-ethyl adjacent to an activating group) is 1. The molecular weight excluding hydrogens is 739 g/mol. The lowest BCUT2D eigenvalue weighted by Gasteiger charge is -2.35. The fourth-order valence-corrected chi connectivity index (χ4v) is 7.17. The molecule has 0 spiro atoms. The first-order chi connectivity index (χ1) is 28.1. The summed E-state index contributed by atoms with van der Waals surface area (Å²) in [5, 5.41) is 7.11. The predicted octanol–water partition coefficient (Wildman–Crippen LogP) is 18.7. The molecule has 61 heavy (non-hydrogen) atoms. The Hall–Kier alpha value is -2.26. The highest BCUT2D eigenvalue weighted by molar-refractivity contribution is 5.24. The maximum absolute atomic E-state index is 4.17. The first-order valence-corrected chi connectivity index (χ1v) is 24.9. The molecule has 0 amide bonds. The number of nitrogens with zero attached hydrogens (tertiary/aromatic N) is 1. The molecule has 1 aliphatic carbocycles. The van der Waals surface area contributed by atoms with Crippen molar-refractivity contribution in [1.29, 1.82) is 0 Å². The lowest BCUT2D eigenvalue weighted by Crippen LogP contribution is -2.45. The molecule has 0 aromatic heterocycles. The monoisotopic (exact) mass is 856 g/mol. The van der Waals surface area contributed by atoms with Gasteiger partial charge in [-0.05, 0) is 114 Å². The molecule has 1 saturated heterocycles. The zero-order valence-electron chi connectivity index (χ0n) is 46.3. The molecule has 5 atom stereocenters. The summed E-state index contributed by atoms with van der Waals surface area (Å²) in [6.45, 7) is 73.6. The fourth-order valence-electron chi connectivity index (χ4n) is 7.17. The van der Waals surface area contributed by atoms with Crippen LogP contribution in [0.4, 0.5) is 0 Å². The maximum Gasteiger partial charge on any atom is 0.0919 e. The predicted molar refractivity (Wildman–Crippen MR) is 290 cm³/mol. The van der Waals surface area contributed by atoms with Crippen LogP contribution in [0.25, 0.3) is 0 Å². The number of allylic oxidation sites excluding steroid dienone is 4. The molecule has 0 aromatic rings. The van der Waals surface area contributed by atoms with Crippen molar-refractivity contribution in [2.75, 3.05) is 13.6 Å². The highest BCUT2D eigenvalue weighted by atomic mass is 15.2. The van der Waals surface area contributed by atoms with E-state index in [0.29, 0.717) is 29.5 Å². The third kappa shape index (κ3) is 47.1. The van der Waals surface area contributed by atoms with Gasteiger partial charge in [0.05, 0.1) is 5.82 Å². The molecule has 2 N–H and O–H groups in total. The Morgan fingerprint density at radius 2 is 1.21 bits per heavy atom. The third-order valence-corrected chi connectivity index (χ3v) is 10.0. The number of unbranched alkanes of at least 4 members (excludes halogenated alkanes) is 1. The van der Waals surface area contributed by atoms with Gasteiger partial charge < -0.3 is 10.6 Å². The molecule has 1 heterocycles. The Morgan fingerprint density at radius 1 is 0.754 bits per heavy atom. The minimum Gasteiger partial charge on any atom is -0.369 e. The molecule has 2 rings (SSSR count). The standard InChI is InChI=1S/C18H34N2.C13H25N.C10H18.C5H10.C4H10.C4H8.2C2H6/c1-7-16(15-12-10-9-11-13-15)19-14(3)20-17(8-2)18(4,5)6;1-10(2)12-7-11(9-14(12)6)8-13(3,4)5;1-6-7-9(4)10(5)8(2)3;1-3-5-4-2;2*1-4(2)3;2*1-2/h7,15-17,19-20H,1,3,8-13H2,2,4-6H3;11-12H,1,7-9H2,2-6H3;9H,2,5-7H2,1,3-4H3;3H,1,4-5H2,2H3;4H,1-3H3;1H2,2-3H3;2*1-2H3. The van der Waals surface area contributed by atoms with E-state index in [4.69, 9.17) is 0 Å². The number of hydrogen-bond donors (Lipinski definition) is 2. The van der Waals surface area contributed by atoms with Crippen LogP contribution < -0.4 is 10.6 Å². The van der Waals surface area contributed by atoms with Gasteiger partial charge in [0.2, 0.25) is 0 Å². The number of likely N-dealkylation sites (tertiary alicyclic amines) is 1. The van der Waals surface area contributed by atoms with Gasteiger partial charge in [-0.2, -0.15) is 0 Å². The first kappa shape index (κ1) is 70.4. The lowest BCUT2D eigenvalue weighted by molar-refractivity contribution is 0.262. The van der Waals surface area contributed by atoms with Crippen LogP contribution in [0.2, 0.25) is 0 Å². The van der Waals surface area contributed by atoms with Crippen molar-refractivity contribution in [1.82, 2.24) is 15.5 Å². The van der Waals surface area contributed by atoms with Crippen molar-refractivity contribution < 1.29 is 0 Å². The van der Waals surface area contributed by atoms with E-state index in [-0.39, 0.29) is 5.41 Å². The summed E-state index contributed by atoms with van der Waals surface area (Å²) in [5.41, 5.74) is 5.54. The second-order valence-electron chi connectivity index (χ2n) is 20.4. The van der Waals surface area contributed by atoms with Crippen LogP contribution >= 0.6 is 0 Å². The zero-order valence-corrected chi connectivity index (χ0v) is 46.3. The number of nitrogens with one attached hydrogen (secondary N) is 2. The average Bonchev–Trinajstić information content (AvgIpc) is 3.53. The van der Waals surface area contributed by atoms with Gasteiger partial charge in [0.25, 0.3) is 0 Å². The molecule has 2 aliphatic rings. The molecule has 1 saturated carbocycles. The van der Waals surface area contributed by atoms with Crippen molar-refractivity contribution >= 4 is 0 Å². The van der Waals surface area contributed by atoms with Gasteiger partial charge in [0.1, 0.15) is 0 Å². The van der Waals surface area contributed by atoms with Crippen LogP contribution in [0.3, 0.4) is 0 Å².